The van der Waals surface area contributed by atoms with Crippen molar-refractivity contribution in [2.75, 3.05) is 27.5 Å². The molecule has 0 aromatic heterocycles. The van der Waals surface area contributed by atoms with Gasteiger partial charge >= 0.3 is 5.97 Å². The summed E-state index contributed by atoms with van der Waals surface area (Å²) in [4.78, 5) is 42.1. The molecule has 6 rings (SSSR count). The molecule has 0 saturated carbocycles. The number of rotatable bonds is 8. The number of phenols is 1. The van der Waals surface area contributed by atoms with Crippen LogP contribution in [0.3, 0.4) is 0 Å². The number of benzene rings is 2. The fourth-order valence-corrected chi connectivity index (χ4v) is 8.08. The molecule has 0 radical (unpaired) electrons. The van der Waals surface area contributed by atoms with Crippen molar-refractivity contribution >= 4 is 17.8 Å². The Labute approximate surface area is 274 Å². The van der Waals surface area contributed by atoms with E-state index in [1.54, 1.807) is 6.92 Å². The summed E-state index contributed by atoms with van der Waals surface area (Å²) in [7, 11) is 3.47. The lowest BCUT2D eigenvalue weighted by atomic mass is 9.73. The summed E-state index contributed by atoms with van der Waals surface area (Å²) in [6.07, 6.45) is 0.795. The van der Waals surface area contributed by atoms with Gasteiger partial charge in [-0.2, -0.15) is 0 Å². The molecule has 2 amide bonds. The molecule has 254 valence electrons. The third-order valence-corrected chi connectivity index (χ3v) is 10.1. The van der Waals surface area contributed by atoms with Gasteiger partial charge in [-0.25, -0.2) is 0 Å². The molecule has 4 N–H and O–H groups in total. The average Bonchev–Trinajstić information content (AvgIpc) is 3.50. The molecule has 13 heteroatoms. The normalized spacial score (nSPS) is 24.8. The van der Waals surface area contributed by atoms with Gasteiger partial charge in [-0.05, 0) is 58.2 Å². The van der Waals surface area contributed by atoms with Crippen LogP contribution in [0.2, 0.25) is 0 Å². The Morgan fingerprint density at radius 3 is 2.51 bits per heavy atom. The van der Waals surface area contributed by atoms with Gasteiger partial charge in [-0.15, -0.1) is 0 Å². The largest absolute Gasteiger partial charge is 0.504 e. The average molecular weight is 653 g/mol. The van der Waals surface area contributed by atoms with Crippen LogP contribution in [0.15, 0.2) is 6.07 Å². The highest BCUT2D eigenvalue weighted by Crippen LogP contribution is 2.58. The van der Waals surface area contributed by atoms with Crippen molar-refractivity contribution in [1.29, 1.82) is 0 Å². The van der Waals surface area contributed by atoms with Crippen LogP contribution in [0.1, 0.15) is 79.1 Å². The minimum atomic E-state index is -0.980. The van der Waals surface area contributed by atoms with Crippen molar-refractivity contribution in [3.63, 3.8) is 0 Å². The van der Waals surface area contributed by atoms with E-state index in [0.29, 0.717) is 65.4 Å². The second kappa shape index (κ2) is 12.5. The van der Waals surface area contributed by atoms with E-state index in [0.717, 1.165) is 16.7 Å². The number of piperazine rings is 1. The number of fused-ring (bicyclic) bond motifs is 9. The number of methoxy groups -OCH3 is 1. The van der Waals surface area contributed by atoms with Gasteiger partial charge in [-0.1, -0.05) is 13.0 Å². The second-order valence-corrected chi connectivity index (χ2v) is 13.0. The van der Waals surface area contributed by atoms with Crippen LogP contribution in [0.25, 0.3) is 0 Å². The van der Waals surface area contributed by atoms with E-state index in [-0.39, 0.29) is 36.9 Å². The number of hydrogen-bond donors (Lipinski definition) is 4. The number of aliphatic hydroxyl groups excluding tert-OH is 1. The van der Waals surface area contributed by atoms with Gasteiger partial charge in [0.15, 0.2) is 23.0 Å². The highest BCUT2D eigenvalue weighted by atomic mass is 16.7. The minimum Gasteiger partial charge on any atom is -0.504 e. The first-order chi connectivity index (χ1) is 22.4. The number of carbonyl (C=O) groups is 3. The van der Waals surface area contributed by atoms with Crippen molar-refractivity contribution in [3.8, 4) is 28.7 Å². The Hall–Kier alpha value is -4.07. The highest BCUT2D eigenvalue weighted by Gasteiger charge is 2.56. The Bertz CT molecular complexity index is 1630. The molecule has 4 aliphatic rings. The SMILES string of the molecule is CCCC(=O)N[C@@H](C)C(=O)NC[C@H]1c2c(c(OC(C)=O)c(C)c3c2OCO3)CC2[C@H]3c4c(cc(C)c(OC)c4O)C[C@@H]([C@H](O)N21)N3C. The van der Waals surface area contributed by atoms with Gasteiger partial charge in [0.05, 0.1) is 25.2 Å². The lowest BCUT2D eigenvalue weighted by Gasteiger charge is -2.60. The number of ether oxygens (including phenoxy) is 4. The van der Waals surface area contributed by atoms with Crippen LogP contribution in [0.5, 0.6) is 28.7 Å². The van der Waals surface area contributed by atoms with Crippen molar-refractivity contribution in [2.45, 2.75) is 96.7 Å². The maximum absolute atomic E-state index is 13.4. The van der Waals surface area contributed by atoms with Crippen molar-refractivity contribution in [2.24, 2.45) is 0 Å². The van der Waals surface area contributed by atoms with Gasteiger partial charge in [0, 0.05) is 48.2 Å². The maximum atomic E-state index is 13.4. The molecule has 0 spiro atoms. The van der Waals surface area contributed by atoms with Gasteiger partial charge in [0.1, 0.15) is 18.0 Å². The number of aliphatic hydroxyl groups is 1. The number of carbonyl (C=O) groups excluding carboxylic acids is 3. The topological polar surface area (TPSA) is 159 Å². The molecule has 6 atom stereocenters. The van der Waals surface area contributed by atoms with Gasteiger partial charge in [-0.3, -0.25) is 24.2 Å². The van der Waals surface area contributed by atoms with Gasteiger partial charge < -0.3 is 39.8 Å². The van der Waals surface area contributed by atoms with Crippen molar-refractivity contribution < 1.29 is 43.5 Å². The molecule has 2 aromatic carbocycles. The first-order valence-electron chi connectivity index (χ1n) is 16.2. The van der Waals surface area contributed by atoms with E-state index >= 15 is 0 Å². The molecule has 47 heavy (non-hydrogen) atoms. The monoisotopic (exact) mass is 652 g/mol. The number of amides is 2. The molecule has 2 aromatic rings. The van der Waals surface area contributed by atoms with E-state index < -0.39 is 36.4 Å². The Balaban J connectivity index is 1.50. The standard InChI is InChI=1S/C34H44N4O9/c1-8-9-24(40)36-17(4)33(42)35-13-23-26-20(30(47-18(5)39)16(3)31-32(26)46-14-45-31)12-21-27-25-19(10-15(2)29(44-7)28(25)41)11-22(37(27)6)34(43)38(21)23/h10,17,21-23,27,34,41,43H,8-9,11-14H2,1-7H3,(H,35,42)(H,36,40)/t17-,21?,22-,23-,27-,34-/m0/s1. The first-order valence-corrected chi connectivity index (χ1v) is 16.2. The Morgan fingerprint density at radius 1 is 1.11 bits per heavy atom. The summed E-state index contributed by atoms with van der Waals surface area (Å²) in [6, 6.07) is -0.597. The maximum Gasteiger partial charge on any atom is 0.308 e. The predicted molar refractivity (Wildman–Crippen MR) is 170 cm³/mol. The number of nitrogens with one attached hydrogen (secondary N) is 2. The molecule has 1 saturated heterocycles. The molecule has 1 fully saturated rings. The molecule has 1 unspecified atom stereocenters. The minimum absolute atomic E-state index is 0.0356. The van der Waals surface area contributed by atoms with E-state index in [4.69, 9.17) is 18.9 Å². The van der Waals surface area contributed by atoms with Crippen LogP contribution in [-0.4, -0.2) is 89.6 Å². The molecule has 4 heterocycles. The number of aryl methyl sites for hydroxylation is 1. The number of aromatic hydroxyl groups is 1. The zero-order valence-electron chi connectivity index (χ0n) is 27.9. The van der Waals surface area contributed by atoms with Crippen LogP contribution in [-0.2, 0) is 27.2 Å². The summed E-state index contributed by atoms with van der Waals surface area (Å²) in [6.45, 7) is 8.56. The first kappa shape index (κ1) is 32.9. The number of nitrogens with zero attached hydrogens (tertiary/aromatic N) is 2. The quantitative estimate of drug-likeness (QED) is 0.245. The zero-order valence-corrected chi connectivity index (χ0v) is 27.9. The van der Waals surface area contributed by atoms with E-state index in [1.165, 1.54) is 14.0 Å². The zero-order chi connectivity index (χ0) is 33.9. The summed E-state index contributed by atoms with van der Waals surface area (Å²) in [5, 5.41) is 29.6. The number of phenolic OH excluding ortho intramolecular Hbond substituents is 1. The van der Waals surface area contributed by atoms with Crippen LogP contribution in [0.4, 0.5) is 0 Å². The third kappa shape index (κ3) is 5.34. The summed E-state index contributed by atoms with van der Waals surface area (Å²) >= 11 is 0. The highest BCUT2D eigenvalue weighted by molar-refractivity contribution is 5.87. The number of hydrogen-bond acceptors (Lipinski definition) is 11. The molecule has 0 aliphatic carbocycles. The summed E-state index contributed by atoms with van der Waals surface area (Å²) in [5.41, 5.74) is 4.43. The number of esters is 1. The van der Waals surface area contributed by atoms with E-state index in [1.807, 2.05) is 38.8 Å². The summed E-state index contributed by atoms with van der Waals surface area (Å²) in [5.74, 6) is 0.638. The van der Waals surface area contributed by atoms with Crippen molar-refractivity contribution in [1.82, 2.24) is 20.4 Å². The lowest BCUT2D eigenvalue weighted by Crippen LogP contribution is -2.69. The predicted octanol–water partition coefficient (Wildman–Crippen LogP) is 2.29. The Kier molecular flexibility index (Phi) is 8.75. The van der Waals surface area contributed by atoms with Gasteiger partial charge in [0.25, 0.3) is 0 Å². The molecule has 4 aliphatic heterocycles. The summed E-state index contributed by atoms with van der Waals surface area (Å²) < 4.78 is 23.4. The smallest absolute Gasteiger partial charge is 0.308 e. The Morgan fingerprint density at radius 2 is 1.83 bits per heavy atom. The lowest BCUT2D eigenvalue weighted by molar-refractivity contribution is -0.172. The van der Waals surface area contributed by atoms with E-state index in [9.17, 15) is 24.6 Å². The van der Waals surface area contributed by atoms with Crippen LogP contribution >= 0.6 is 0 Å². The fraction of sp³-hybridized carbons (Fsp3) is 0.559. The van der Waals surface area contributed by atoms with Gasteiger partial charge in [0.2, 0.25) is 18.6 Å². The number of likely N-dealkylation sites (N-methyl/N-ethyl adjacent to an activating group) is 1. The molecular weight excluding hydrogens is 608 g/mol. The third-order valence-electron chi connectivity index (χ3n) is 10.1. The molecular formula is C34H44N4O9. The molecule has 2 bridgehead atoms. The van der Waals surface area contributed by atoms with Crippen molar-refractivity contribution in [3.05, 3.63) is 39.4 Å². The second-order valence-electron chi connectivity index (χ2n) is 13.0. The fourth-order valence-electron chi connectivity index (χ4n) is 8.08. The molecule has 13 nitrogen and oxygen atoms in total. The van der Waals surface area contributed by atoms with Crippen LogP contribution < -0.4 is 29.6 Å². The van der Waals surface area contributed by atoms with Crippen LogP contribution in [0, 0.1) is 13.8 Å². The van der Waals surface area contributed by atoms with E-state index in [2.05, 4.69) is 15.5 Å².